The Morgan fingerprint density at radius 1 is 1.23 bits per heavy atom. The molecule has 1 N–H and O–H groups in total. The van der Waals surface area contributed by atoms with Gasteiger partial charge in [-0.15, -0.1) is 5.10 Å². The van der Waals surface area contributed by atoms with Crippen molar-refractivity contribution in [1.82, 2.24) is 34.1 Å². The van der Waals surface area contributed by atoms with Crippen LogP contribution in [0.3, 0.4) is 0 Å². The fourth-order valence-electron chi connectivity index (χ4n) is 3.85. The molecular formula is C19H20F2N8O. The van der Waals surface area contributed by atoms with Gasteiger partial charge in [0.05, 0.1) is 19.7 Å². The number of piperidine rings is 1. The van der Waals surface area contributed by atoms with Crippen molar-refractivity contribution in [3.8, 4) is 17.0 Å². The number of likely N-dealkylation sites (tertiary alicyclic amines) is 1. The summed E-state index contributed by atoms with van der Waals surface area (Å²) in [6.07, 6.45) is 5.34. The summed E-state index contributed by atoms with van der Waals surface area (Å²) in [6.45, 7) is 0.272. The Labute approximate surface area is 170 Å². The molecule has 1 saturated heterocycles. The van der Waals surface area contributed by atoms with E-state index in [0.29, 0.717) is 30.0 Å². The molecule has 0 amide bonds. The summed E-state index contributed by atoms with van der Waals surface area (Å²) >= 11 is 0. The SMILES string of the molecule is COc1nc(NC2CCN(C)CC2(F)F)nn2ccc(-c3ccn4ncnc4c3)c12. The summed E-state index contributed by atoms with van der Waals surface area (Å²) in [5.41, 5.74) is 3.08. The molecule has 0 aromatic carbocycles. The maximum absolute atomic E-state index is 14.4. The van der Waals surface area contributed by atoms with Gasteiger partial charge >= 0.3 is 0 Å². The number of ether oxygens (including phenoxy) is 1. The average molecular weight is 414 g/mol. The van der Waals surface area contributed by atoms with Crippen LogP contribution in [0.5, 0.6) is 5.88 Å². The normalized spacial score (nSPS) is 19.4. The molecular weight excluding hydrogens is 394 g/mol. The monoisotopic (exact) mass is 414 g/mol. The molecule has 0 aliphatic carbocycles. The number of rotatable bonds is 4. The lowest BCUT2D eigenvalue weighted by atomic mass is 10.0. The molecule has 1 aliphatic rings. The van der Waals surface area contributed by atoms with Crippen LogP contribution in [-0.4, -0.2) is 73.3 Å². The molecule has 4 aromatic heterocycles. The van der Waals surface area contributed by atoms with E-state index in [1.165, 1.54) is 13.4 Å². The molecule has 1 aliphatic heterocycles. The Balaban J connectivity index is 1.53. The molecule has 5 rings (SSSR count). The first-order valence-electron chi connectivity index (χ1n) is 9.50. The molecule has 156 valence electrons. The Morgan fingerprint density at radius 2 is 2.07 bits per heavy atom. The zero-order valence-electron chi connectivity index (χ0n) is 16.5. The number of fused-ring (bicyclic) bond motifs is 2. The molecule has 11 heteroatoms. The predicted octanol–water partition coefficient (Wildman–Crippen LogP) is 2.20. The first-order valence-corrected chi connectivity index (χ1v) is 9.50. The third-order valence-electron chi connectivity index (χ3n) is 5.36. The van der Waals surface area contributed by atoms with Gasteiger partial charge in [0.2, 0.25) is 11.8 Å². The van der Waals surface area contributed by atoms with Gasteiger partial charge in [0.25, 0.3) is 5.92 Å². The standard InChI is InChI=1S/C19H20F2N8O/c1-27-6-5-14(19(20,21)10-27)24-18-25-17(30-2)16-13(4-8-29(16)26-18)12-3-7-28-15(9-12)22-11-23-28/h3-4,7-9,11,14H,5-6,10H2,1-2H3,(H,24,26). The van der Waals surface area contributed by atoms with Gasteiger partial charge in [0.15, 0.2) is 5.65 Å². The lowest BCUT2D eigenvalue weighted by molar-refractivity contribution is -0.0675. The number of hydrogen-bond donors (Lipinski definition) is 1. The topological polar surface area (TPSA) is 84.9 Å². The number of alkyl halides is 2. The second-order valence-electron chi connectivity index (χ2n) is 7.43. The van der Waals surface area contributed by atoms with E-state index in [0.717, 1.165) is 11.1 Å². The largest absolute Gasteiger partial charge is 0.479 e. The molecule has 1 atom stereocenters. The summed E-state index contributed by atoms with van der Waals surface area (Å²) in [4.78, 5) is 10.2. The zero-order chi connectivity index (χ0) is 20.9. The summed E-state index contributed by atoms with van der Waals surface area (Å²) in [7, 11) is 3.18. The first kappa shape index (κ1) is 18.7. The van der Waals surface area contributed by atoms with Crippen molar-refractivity contribution in [3.63, 3.8) is 0 Å². The van der Waals surface area contributed by atoms with Gasteiger partial charge in [-0.05, 0) is 37.2 Å². The Hall–Kier alpha value is -3.34. The van der Waals surface area contributed by atoms with E-state index in [9.17, 15) is 8.78 Å². The quantitative estimate of drug-likeness (QED) is 0.548. The van der Waals surface area contributed by atoms with Gasteiger partial charge in [0, 0.05) is 24.5 Å². The van der Waals surface area contributed by atoms with Crippen LogP contribution in [0.25, 0.3) is 22.3 Å². The Bertz CT molecular complexity index is 1220. The van der Waals surface area contributed by atoms with E-state index < -0.39 is 12.0 Å². The van der Waals surface area contributed by atoms with Crippen molar-refractivity contribution in [2.45, 2.75) is 18.4 Å². The number of anilines is 1. The summed E-state index contributed by atoms with van der Waals surface area (Å²) in [5, 5.41) is 11.3. The molecule has 9 nitrogen and oxygen atoms in total. The zero-order valence-corrected chi connectivity index (χ0v) is 16.5. The predicted molar refractivity (Wildman–Crippen MR) is 106 cm³/mol. The number of halogens is 2. The van der Waals surface area contributed by atoms with Gasteiger partial charge < -0.3 is 15.0 Å². The third-order valence-corrected chi connectivity index (χ3v) is 5.36. The van der Waals surface area contributed by atoms with Crippen molar-refractivity contribution in [3.05, 3.63) is 36.9 Å². The average Bonchev–Trinajstić information content (AvgIpc) is 3.35. The highest BCUT2D eigenvalue weighted by Crippen LogP contribution is 2.33. The van der Waals surface area contributed by atoms with Crippen LogP contribution in [0.1, 0.15) is 6.42 Å². The second kappa shape index (κ2) is 6.87. The molecule has 1 unspecified atom stereocenters. The van der Waals surface area contributed by atoms with Gasteiger partial charge in [-0.3, -0.25) is 0 Å². The Morgan fingerprint density at radius 3 is 2.87 bits per heavy atom. The third kappa shape index (κ3) is 3.11. The van der Waals surface area contributed by atoms with Crippen molar-refractivity contribution in [2.75, 3.05) is 32.6 Å². The van der Waals surface area contributed by atoms with E-state index in [1.54, 1.807) is 27.2 Å². The summed E-state index contributed by atoms with van der Waals surface area (Å²) in [5.74, 6) is -2.48. The number of aromatic nitrogens is 6. The van der Waals surface area contributed by atoms with Crippen LogP contribution >= 0.6 is 0 Å². The maximum atomic E-state index is 14.4. The molecule has 0 spiro atoms. The van der Waals surface area contributed by atoms with Gasteiger partial charge in [-0.25, -0.2) is 22.8 Å². The van der Waals surface area contributed by atoms with Crippen molar-refractivity contribution in [1.29, 1.82) is 0 Å². The lowest BCUT2D eigenvalue weighted by Crippen LogP contribution is -2.53. The molecule has 0 bridgehead atoms. The van der Waals surface area contributed by atoms with Gasteiger partial charge in [0.1, 0.15) is 11.8 Å². The number of nitrogens with zero attached hydrogens (tertiary/aromatic N) is 7. The van der Waals surface area contributed by atoms with E-state index >= 15 is 0 Å². The van der Waals surface area contributed by atoms with Crippen molar-refractivity contribution < 1.29 is 13.5 Å². The van der Waals surface area contributed by atoms with Crippen molar-refractivity contribution in [2.24, 2.45) is 0 Å². The highest BCUT2D eigenvalue weighted by atomic mass is 19.3. The molecule has 4 aromatic rings. The van der Waals surface area contributed by atoms with Crippen LogP contribution in [0.15, 0.2) is 36.9 Å². The number of nitrogens with one attached hydrogen (secondary N) is 1. The molecule has 5 heterocycles. The van der Waals surface area contributed by atoms with Gasteiger partial charge in [-0.1, -0.05) is 0 Å². The van der Waals surface area contributed by atoms with Crippen LogP contribution in [0.2, 0.25) is 0 Å². The second-order valence-corrected chi connectivity index (χ2v) is 7.43. The number of methoxy groups -OCH3 is 1. The van der Waals surface area contributed by atoms with Crippen molar-refractivity contribution >= 4 is 17.1 Å². The molecule has 30 heavy (non-hydrogen) atoms. The first-order chi connectivity index (χ1) is 14.4. The highest BCUT2D eigenvalue weighted by molar-refractivity contribution is 5.85. The fourth-order valence-corrected chi connectivity index (χ4v) is 3.85. The fraction of sp³-hybridized carbons (Fsp3) is 0.368. The van der Waals surface area contributed by atoms with Crippen LogP contribution in [-0.2, 0) is 0 Å². The number of pyridine rings is 1. The van der Waals surface area contributed by atoms with Gasteiger partial charge in [-0.2, -0.15) is 10.1 Å². The summed E-state index contributed by atoms with van der Waals surface area (Å²) < 4.78 is 37.6. The number of hydrogen-bond acceptors (Lipinski definition) is 7. The van der Waals surface area contributed by atoms with E-state index in [1.807, 2.05) is 24.4 Å². The van der Waals surface area contributed by atoms with Crippen LogP contribution in [0, 0.1) is 0 Å². The van der Waals surface area contributed by atoms with E-state index in [2.05, 4.69) is 25.5 Å². The van der Waals surface area contributed by atoms with E-state index in [-0.39, 0.29) is 12.5 Å². The Kier molecular flexibility index (Phi) is 4.28. The van der Waals surface area contributed by atoms with Crippen LogP contribution in [0.4, 0.5) is 14.7 Å². The van der Waals surface area contributed by atoms with E-state index in [4.69, 9.17) is 4.74 Å². The summed E-state index contributed by atoms with van der Waals surface area (Å²) in [6, 6.07) is 4.64. The minimum Gasteiger partial charge on any atom is -0.479 e. The minimum absolute atomic E-state index is 0.101. The highest BCUT2D eigenvalue weighted by Gasteiger charge is 2.44. The smallest absolute Gasteiger partial charge is 0.280 e. The minimum atomic E-state index is -2.88. The molecule has 1 fully saturated rings. The lowest BCUT2D eigenvalue weighted by Gasteiger charge is -2.36. The molecule has 0 saturated carbocycles. The van der Waals surface area contributed by atoms with Crippen LogP contribution < -0.4 is 10.1 Å². The molecule has 0 radical (unpaired) electrons. The maximum Gasteiger partial charge on any atom is 0.280 e.